The molecule has 0 aliphatic carbocycles. The average Bonchev–Trinajstić information content (AvgIpc) is 2.74. The van der Waals surface area contributed by atoms with E-state index < -0.39 is 0 Å². The van der Waals surface area contributed by atoms with E-state index in [0.29, 0.717) is 0 Å². The van der Waals surface area contributed by atoms with Gasteiger partial charge in [-0.05, 0) is 31.7 Å². The van der Waals surface area contributed by atoms with Gasteiger partial charge in [-0.2, -0.15) is 10.2 Å². The van der Waals surface area contributed by atoms with Crippen LogP contribution in [0.5, 0.6) is 0 Å². The summed E-state index contributed by atoms with van der Waals surface area (Å²) in [4.78, 5) is 0. The summed E-state index contributed by atoms with van der Waals surface area (Å²) in [6.07, 6.45) is 1.88. The molecule has 0 radical (unpaired) electrons. The van der Waals surface area contributed by atoms with E-state index in [-0.39, 0.29) is 0 Å². The molecule has 0 fully saturated rings. The lowest BCUT2D eigenvalue weighted by Gasteiger charge is -2.02. The van der Waals surface area contributed by atoms with Crippen molar-refractivity contribution in [3.63, 3.8) is 0 Å². The van der Waals surface area contributed by atoms with E-state index in [2.05, 4.69) is 27.5 Å². The van der Waals surface area contributed by atoms with Gasteiger partial charge >= 0.3 is 0 Å². The van der Waals surface area contributed by atoms with Crippen LogP contribution in [0.15, 0.2) is 24.4 Å². The van der Waals surface area contributed by atoms with Crippen LogP contribution in [0.2, 0.25) is 0 Å². The first-order valence-electron chi connectivity index (χ1n) is 5.35. The Morgan fingerprint density at radius 2 is 2.12 bits per heavy atom. The van der Waals surface area contributed by atoms with Crippen LogP contribution < -0.4 is 5.32 Å². The SMILES string of the molecule is CCNCc1ccc(-n2ccc(C)n2)nn1. The fraction of sp³-hybridized carbons (Fsp3) is 0.364. The van der Waals surface area contributed by atoms with E-state index in [9.17, 15) is 0 Å². The summed E-state index contributed by atoms with van der Waals surface area (Å²) in [5, 5.41) is 15.7. The lowest BCUT2D eigenvalue weighted by atomic mass is 10.4. The van der Waals surface area contributed by atoms with Gasteiger partial charge in [0.15, 0.2) is 5.82 Å². The van der Waals surface area contributed by atoms with Gasteiger partial charge in [-0.3, -0.25) is 0 Å². The summed E-state index contributed by atoms with van der Waals surface area (Å²) in [7, 11) is 0. The first kappa shape index (κ1) is 10.8. The van der Waals surface area contributed by atoms with Gasteiger partial charge in [-0.25, -0.2) is 4.68 Å². The molecule has 16 heavy (non-hydrogen) atoms. The molecule has 2 heterocycles. The number of hydrogen-bond acceptors (Lipinski definition) is 4. The summed E-state index contributed by atoms with van der Waals surface area (Å²) in [5.41, 5.74) is 1.91. The van der Waals surface area contributed by atoms with Crippen molar-refractivity contribution in [2.24, 2.45) is 0 Å². The first-order valence-corrected chi connectivity index (χ1v) is 5.35. The Balaban J connectivity index is 2.13. The van der Waals surface area contributed by atoms with E-state index in [1.165, 1.54) is 0 Å². The molecule has 0 saturated carbocycles. The monoisotopic (exact) mass is 217 g/mol. The second-order valence-electron chi connectivity index (χ2n) is 3.56. The Kier molecular flexibility index (Phi) is 3.26. The third-order valence-electron chi connectivity index (χ3n) is 2.22. The van der Waals surface area contributed by atoms with Crippen LogP contribution in [0.1, 0.15) is 18.3 Å². The molecule has 0 saturated heterocycles. The summed E-state index contributed by atoms with van der Waals surface area (Å²) >= 11 is 0. The summed E-state index contributed by atoms with van der Waals surface area (Å²) in [6, 6.07) is 5.82. The van der Waals surface area contributed by atoms with E-state index in [1.54, 1.807) is 4.68 Å². The third-order valence-corrected chi connectivity index (χ3v) is 2.22. The highest BCUT2D eigenvalue weighted by molar-refractivity contribution is 5.21. The quantitative estimate of drug-likeness (QED) is 0.832. The highest BCUT2D eigenvalue weighted by Gasteiger charge is 2.00. The maximum absolute atomic E-state index is 4.27. The van der Waals surface area contributed by atoms with Gasteiger partial charge in [0.05, 0.1) is 11.4 Å². The summed E-state index contributed by atoms with van der Waals surface area (Å²) < 4.78 is 1.72. The highest BCUT2D eigenvalue weighted by Crippen LogP contribution is 2.03. The molecule has 84 valence electrons. The van der Waals surface area contributed by atoms with E-state index >= 15 is 0 Å². The molecule has 5 nitrogen and oxygen atoms in total. The Hall–Kier alpha value is -1.75. The predicted octanol–water partition coefficient (Wildman–Crippen LogP) is 1.08. The molecule has 2 aromatic heterocycles. The van der Waals surface area contributed by atoms with Crippen LogP contribution in [0, 0.1) is 6.92 Å². The van der Waals surface area contributed by atoms with E-state index in [4.69, 9.17) is 0 Å². The zero-order valence-electron chi connectivity index (χ0n) is 9.51. The van der Waals surface area contributed by atoms with Crippen molar-refractivity contribution in [3.8, 4) is 5.82 Å². The minimum atomic E-state index is 0.744. The smallest absolute Gasteiger partial charge is 0.175 e. The van der Waals surface area contributed by atoms with Crippen molar-refractivity contribution in [1.29, 1.82) is 0 Å². The van der Waals surface area contributed by atoms with Gasteiger partial charge in [0.25, 0.3) is 0 Å². The van der Waals surface area contributed by atoms with Crippen molar-refractivity contribution in [1.82, 2.24) is 25.3 Å². The Bertz CT molecular complexity index is 446. The van der Waals surface area contributed by atoms with Crippen LogP contribution in [0.4, 0.5) is 0 Å². The lowest BCUT2D eigenvalue weighted by Crippen LogP contribution is -2.13. The normalized spacial score (nSPS) is 10.6. The molecule has 0 spiro atoms. The zero-order valence-corrected chi connectivity index (χ0v) is 9.51. The van der Waals surface area contributed by atoms with Crippen LogP contribution in [-0.2, 0) is 6.54 Å². The van der Waals surface area contributed by atoms with Crippen molar-refractivity contribution in [3.05, 3.63) is 35.8 Å². The lowest BCUT2D eigenvalue weighted by molar-refractivity contribution is 0.691. The molecule has 0 unspecified atom stereocenters. The van der Waals surface area contributed by atoms with Gasteiger partial charge in [0.2, 0.25) is 0 Å². The number of aromatic nitrogens is 4. The van der Waals surface area contributed by atoms with E-state index in [0.717, 1.165) is 30.3 Å². The van der Waals surface area contributed by atoms with Crippen LogP contribution in [0.25, 0.3) is 5.82 Å². The molecule has 0 bridgehead atoms. The summed E-state index contributed by atoms with van der Waals surface area (Å²) in [6.45, 7) is 5.70. The number of aryl methyl sites for hydroxylation is 1. The third kappa shape index (κ3) is 2.43. The minimum Gasteiger partial charge on any atom is -0.311 e. The highest BCUT2D eigenvalue weighted by atomic mass is 15.3. The van der Waals surface area contributed by atoms with Crippen molar-refractivity contribution < 1.29 is 0 Å². The summed E-state index contributed by atoms with van der Waals surface area (Å²) in [5.74, 6) is 0.744. The average molecular weight is 217 g/mol. The zero-order chi connectivity index (χ0) is 11.4. The second-order valence-corrected chi connectivity index (χ2v) is 3.56. The molecule has 1 N–H and O–H groups in total. The maximum Gasteiger partial charge on any atom is 0.175 e. The second kappa shape index (κ2) is 4.85. The van der Waals surface area contributed by atoms with Crippen molar-refractivity contribution in [2.75, 3.05) is 6.54 Å². The van der Waals surface area contributed by atoms with Crippen molar-refractivity contribution >= 4 is 0 Å². The minimum absolute atomic E-state index is 0.744. The molecule has 0 aromatic carbocycles. The molecule has 5 heteroatoms. The van der Waals surface area contributed by atoms with E-state index in [1.807, 2.05) is 31.3 Å². The number of nitrogens with one attached hydrogen (secondary N) is 1. The molecule has 0 amide bonds. The molecule has 0 aliphatic heterocycles. The number of nitrogens with zero attached hydrogens (tertiary/aromatic N) is 4. The predicted molar refractivity (Wildman–Crippen MR) is 61.3 cm³/mol. The van der Waals surface area contributed by atoms with Crippen molar-refractivity contribution in [2.45, 2.75) is 20.4 Å². The van der Waals surface area contributed by atoms with Gasteiger partial charge < -0.3 is 5.32 Å². The Labute approximate surface area is 94.5 Å². The molecule has 0 atom stereocenters. The first-order chi connectivity index (χ1) is 7.79. The van der Waals surface area contributed by atoms with Crippen LogP contribution >= 0.6 is 0 Å². The molecule has 0 aliphatic rings. The molecule has 2 aromatic rings. The fourth-order valence-corrected chi connectivity index (χ4v) is 1.37. The van der Waals surface area contributed by atoms with Gasteiger partial charge in [-0.1, -0.05) is 6.92 Å². The van der Waals surface area contributed by atoms with Gasteiger partial charge in [0, 0.05) is 12.7 Å². The Morgan fingerprint density at radius 3 is 2.69 bits per heavy atom. The number of rotatable bonds is 4. The van der Waals surface area contributed by atoms with Gasteiger partial charge in [-0.15, -0.1) is 5.10 Å². The number of hydrogen-bond donors (Lipinski definition) is 1. The van der Waals surface area contributed by atoms with Crippen LogP contribution in [-0.4, -0.2) is 26.5 Å². The van der Waals surface area contributed by atoms with Crippen LogP contribution in [0.3, 0.4) is 0 Å². The molecular weight excluding hydrogens is 202 g/mol. The Morgan fingerprint density at radius 1 is 1.25 bits per heavy atom. The fourth-order valence-electron chi connectivity index (χ4n) is 1.37. The molecule has 2 rings (SSSR count). The standard InChI is InChI=1S/C11H15N5/c1-3-12-8-10-4-5-11(14-13-10)16-7-6-9(2)15-16/h4-7,12H,3,8H2,1-2H3. The largest absolute Gasteiger partial charge is 0.311 e. The van der Waals surface area contributed by atoms with Gasteiger partial charge in [0.1, 0.15) is 0 Å². The topological polar surface area (TPSA) is 55.6 Å². The maximum atomic E-state index is 4.27. The molecular formula is C11H15N5.